The van der Waals surface area contributed by atoms with E-state index in [2.05, 4.69) is 424 Å². The summed E-state index contributed by atoms with van der Waals surface area (Å²) in [5.41, 5.74) is 15.4. The first kappa shape index (κ1) is 125. The van der Waals surface area contributed by atoms with Crippen molar-refractivity contribution in [1.29, 1.82) is 0 Å². The second-order valence-corrected chi connectivity index (χ2v) is 41.8. The topological polar surface area (TPSA) is 43.9 Å². The minimum Gasteiger partial charge on any atom is -0.369 e. The van der Waals surface area contributed by atoms with Crippen molar-refractivity contribution in [3.05, 3.63) is 213 Å². The number of carbonyl (C=O) groups is 2. The van der Waals surface area contributed by atoms with Gasteiger partial charge in [-0.3, -0.25) is 14.5 Å². The molecule has 5 heteroatoms. The number of nitrogens with zero attached hydrogens (tertiary/aromatic N) is 3. The van der Waals surface area contributed by atoms with E-state index in [9.17, 15) is 9.59 Å². The molecule has 0 N–H and O–H groups in total. The van der Waals surface area contributed by atoms with Crippen LogP contribution >= 0.6 is 0 Å². The summed E-state index contributed by atoms with van der Waals surface area (Å²) in [6, 6.07) is 1.34. The molecule has 0 saturated heterocycles. The van der Waals surface area contributed by atoms with E-state index >= 15 is 0 Å². The molecule has 0 heterocycles. The minimum atomic E-state index is 0.119. The van der Waals surface area contributed by atoms with Gasteiger partial charge in [-0.2, -0.15) is 0 Å². The summed E-state index contributed by atoms with van der Waals surface area (Å²) in [5.74, 6) is 11.3. The van der Waals surface area contributed by atoms with Crippen molar-refractivity contribution in [2.24, 2.45) is 107 Å². The largest absolute Gasteiger partial charge is 0.369 e. The summed E-state index contributed by atoms with van der Waals surface area (Å²) < 4.78 is 0. The lowest BCUT2D eigenvalue weighted by molar-refractivity contribution is -0.129. The Bertz CT molecular complexity index is 3040. The highest BCUT2D eigenvalue weighted by Crippen LogP contribution is 2.33. The number of carbonyl (C=O) groups excluding carboxylic acids is 2. The van der Waals surface area contributed by atoms with Gasteiger partial charge in [-0.1, -0.05) is 375 Å². The molecule has 0 aliphatic carbocycles. The molecule has 0 radical (unpaired) electrons. The zero-order chi connectivity index (χ0) is 94.6. The van der Waals surface area contributed by atoms with Crippen LogP contribution in [0.5, 0.6) is 0 Å². The molecule has 1 amide bonds. The van der Waals surface area contributed by atoms with Crippen LogP contribution < -0.4 is 0 Å². The lowest BCUT2D eigenvalue weighted by Gasteiger charge is -2.32. The third kappa shape index (κ3) is 70.6. The monoisotopic (exact) mass is 1660 g/mol. The van der Waals surface area contributed by atoms with Crippen molar-refractivity contribution in [3.8, 4) is 0 Å². The molecule has 0 aliphatic heterocycles. The van der Waals surface area contributed by atoms with E-state index < -0.39 is 0 Å². The third-order valence-electron chi connectivity index (χ3n) is 19.9. The molecular weight excluding hydrogens is 1460 g/mol. The van der Waals surface area contributed by atoms with E-state index in [1.54, 1.807) is 0 Å². The Morgan fingerprint density at radius 1 is 0.267 bits per heavy atom. The molecule has 0 rings (SSSR count). The number of hydrogen-bond donors (Lipinski definition) is 0. The molecule has 5 nitrogen and oxygen atoms in total. The van der Waals surface area contributed by atoms with Gasteiger partial charge in [-0.25, -0.2) is 0 Å². The summed E-state index contributed by atoms with van der Waals surface area (Å²) in [7, 11) is 0. The van der Waals surface area contributed by atoms with E-state index in [1.807, 2.05) is 69.1 Å². The van der Waals surface area contributed by atoms with Crippen molar-refractivity contribution in [3.63, 3.8) is 0 Å². The van der Waals surface area contributed by atoms with Crippen LogP contribution in [0.2, 0.25) is 0 Å². The van der Waals surface area contributed by atoms with Crippen molar-refractivity contribution < 1.29 is 9.59 Å². The normalized spacial score (nSPS) is 13.3. The fraction of sp³-hybridized carbons (Fsp3) is 0.670. The lowest BCUT2D eigenvalue weighted by Crippen LogP contribution is -2.40. The molecule has 0 fully saturated rings. The van der Waals surface area contributed by atoms with Crippen molar-refractivity contribution in [1.82, 2.24) is 14.7 Å². The summed E-state index contributed by atoms with van der Waals surface area (Å²) in [6.07, 6.45) is 56.5. The number of Topliss-reactive ketones (excluding diaryl/α,β-unsaturated/α-hetero) is 1. The fourth-order valence-corrected chi connectivity index (χ4v) is 13.0. The van der Waals surface area contributed by atoms with Gasteiger partial charge in [0, 0.05) is 67.1 Å². The summed E-state index contributed by atoms with van der Waals surface area (Å²) in [4.78, 5) is 32.7. The molecule has 0 aromatic rings. The van der Waals surface area contributed by atoms with Crippen molar-refractivity contribution in [2.45, 2.75) is 376 Å². The van der Waals surface area contributed by atoms with Gasteiger partial charge >= 0.3 is 0 Å². The standard InChI is InChI=1S/C20H34O.C20H36.C19H33NO.C19H35N.C19H34.C18H33N/c1-14(2)11-9-10-12-18(16(5)6)20(21)19(17(7)8)13-15(3)4;1-15(2)11-9-10-12-19(17(5)6)14-20(18(7)8)13-16(3)4;1-14(2)11-9-10-12-18(16(5)6)19(21)20(17(7)8)13-15(3)4;1-15(2)11-9-10-12-19(17(5)6)14-20(18(7)8)13-16(3)4;2*1-14(2)11-9-10-12-18(16(5)6)19(17(7)8)13-15(3)4/h9-12,14-15,17,19H,13H2,1-8H3;9-12,15-16,18,20H,13-14H2,1-8H3;9-12,14-15,17H,13H2,1-8H3;9-12,15-16,18H,13-14H2,1-8H3;9-12,14-15,17,19H,13H2,1-8H3;9-12,14-15,17H,13H2,1-8H3/b6*11-9-,12-10-. The first-order valence-electron chi connectivity index (χ1n) is 47.8. The maximum Gasteiger partial charge on any atom is 0.254 e. The highest BCUT2D eigenvalue weighted by atomic mass is 16.2. The molecule has 3 unspecified atom stereocenters. The second-order valence-electron chi connectivity index (χ2n) is 41.8. The second kappa shape index (κ2) is 72.5. The van der Waals surface area contributed by atoms with Gasteiger partial charge < -0.3 is 9.80 Å². The Morgan fingerprint density at radius 2 is 0.583 bits per heavy atom. The van der Waals surface area contributed by atoms with Gasteiger partial charge in [0.2, 0.25) is 0 Å². The predicted molar refractivity (Wildman–Crippen MR) is 552 cm³/mol. The maximum atomic E-state index is 12.9. The van der Waals surface area contributed by atoms with Crippen LogP contribution in [-0.4, -0.2) is 70.7 Å². The zero-order valence-electron chi connectivity index (χ0n) is 88.8. The molecule has 0 aromatic heterocycles. The van der Waals surface area contributed by atoms with Gasteiger partial charge in [-0.15, -0.1) is 0 Å². The summed E-state index contributed by atoms with van der Waals surface area (Å²) in [6.45, 7) is 110. The Balaban J connectivity index is -0.000000325. The van der Waals surface area contributed by atoms with E-state index in [4.69, 9.17) is 0 Å². The number of ketones is 1. The molecule has 0 aromatic carbocycles. The first-order valence-corrected chi connectivity index (χ1v) is 47.8. The summed E-state index contributed by atoms with van der Waals surface area (Å²) >= 11 is 0. The summed E-state index contributed by atoms with van der Waals surface area (Å²) in [5, 5.41) is 0. The highest BCUT2D eigenvalue weighted by Gasteiger charge is 2.27. The van der Waals surface area contributed by atoms with Crippen LogP contribution in [0.25, 0.3) is 0 Å². The Kier molecular flexibility index (Phi) is 75.6. The van der Waals surface area contributed by atoms with Crippen LogP contribution in [0.4, 0.5) is 0 Å². The average molecular weight is 1660 g/mol. The molecule has 0 saturated carbocycles. The van der Waals surface area contributed by atoms with Gasteiger partial charge in [0.25, 0.3) is 5.91 Å². The van der Waals surface area contributed by atoms with Crippen LogP contribution in [0, 0.1) is 107 Å². The fourth-order valence-electron chi connectivity index (χ4n) is 13.0. The highest BCUT2D eigenvalue weighted by molar-refractivity contribution is 6.00. The predicted octanol–water partition coefficient (Wildman–Crippen LogP) is 35.0. The molecule has 0 spiro atoms. The van der Waals surface area contributed by atoms with Crippen LogP contribution in [0.15, 0.2) is 213 Å². The minimum absolute atomic E-state index is 0.119. The number of amides is 1. The van der Waals surface area contributed by atoms with Crippen LogP contribution in [0.1, 0.15) is 358 Å². The Morgan fingerprint density at radius 3 is 0.867 bits per heavy atom. The van der Waals surface area contributed by atoms with Crippen LogP contribution in [0.3, 0.4) is 0 Å². The van der Waals surface area contributed by atoms with Crippen molar-refractivity contribution in [2.75, 3.05) is 26.2 Å². The molecule has 3 atom stereocenters. The smallest absolute Gasteiger partial charge is 0.254 e. The SMILES string of the molecule is CC(C)=C(/C=C\C=C/C(C)C)C(=O)C(CC(C)C)C(C)C.CC(C)=C(/C=C\C=C/C(C)C)C(=O)N(CC(C)C)C(C)C.CC(C)=C(/C=C\C=C/C(C)C)C(CC(C)C)C(C)C.CC(C)=C(/C=C\C=C/C(C)C)CC(CC(C)C)C(C)C.CC(C)=C(/C=C\C=C/C(C)C)CN(CC(C)C)C(C)C.CC(C)=C(/C=C\C=C/C(C)C)N(CC(C)C)C(C)C. The van der Waals surface area contributed by atoms with Gasteiger partial charge in [0.15, 0.2) is 5.78 Å². The molecular formula is C115H205N3O2. The first-order chi connectivity index (χ1) is 55.3. The van der Waals surface area contributed by atoms with E-state index in [-0.39, 0.29) is 17.9 Å². The van der Waals surface area contributed by atoms with Gasteiger partial charge in [0.05, 0.1) is 0 Å². The Hall–Kier alpha value is -5.78. The van der Waals surface area contributed by atoms with Crippen LogP contribution in [-0.2, 0) is 9.59 Å². The molecule has 120 heavy (non-hydrogen) atoms. The molecule has 0 aliphatic rings. The number of allylic oxidation sites excluding steroid dienone is 31. The molecule has 692 valence electrons. The quantitative estimate of drug-likeness (QED) is 0.0450. The molecule has 0 bridgehead atoms. The Labute approximate surface area is 753 Å². The zero-order valence-corrected chi connectivity index (χ0v) is 88.8. The van der Waals surface area contributed by atoms with E-state index in [0.29, 0.717) is 94.8 Å². The average Bonchev–Trinajstić information content (AvgIpc) is 0.873. The maximum absolute atomic E-state index is 12.9. The van der Waals surface area contributed by atoms with Crippen molar-refractivity contribution >= 4 is 11.7 Å². The number of rotatable bonds is 45. The third-order valence-corrected chi connectivity index (χ3v) is 19.9. The van der Waals surface area contributed by atoms with E-state index in [1.165, 1.54) is 64.0 Å². The number of hydrogen-bond acceptors (Lipinski definition) is 4. The van der Waals surface area contributed by atoms with Gasteiger partial charge in [-0.05, 0) is 280 Å². The lowest BCUT2D eigenvalue weighted by atomic mass is 9.80. The van der Waals surface area contributed by atoms with E-state index in [0.717, 1.165) is 78.6 Å². The van der Waals surface area contributed by atoms with Gasteiger partial charge in [0.1, 0.15) is 0 Å².